The number of hydrogen-bond acceptors (Lipinski definition) is 4. The van der Waals surface area contributed by atoms with Gasteiger partial charge in [0.1, 0.15) is 10.9 Å². The molecule has 21 heavy (non-hydrogen) atoms. The van der Waals surface area contributed by atoms with Gasteiger partial charge in [0.05, 0.1) is 5.75 Å². The van der Waals surface area contributed by atoms with Gasteiger partial charge in [0.25, 0.3) is 0 Å². The van der Waals surface area contributed by atoms with Crippen LogP contribution in [0.2, 0.25) is 0 Å². The van der Waals surface area contributed by atoms with Gasteiger partial charge in [-0.05, 0) is 26.3 Å². The van der Waals surface area contributed by atoms with E-state index in [1.807, 2.05) is 6.07 Å². The van der Waals surface area contributed by atoms with E-state index in [1.54, 1.807) is 45.0 Å². The van der Waals surface area contributed by atoms with Crippen LogP contribution in [0, 0.1) is 0 Å². The Morgan fingerprint density at radius 2 is 1.86 bits per heavy atom. The van der Waals surface area contributed by atoms with Gasteiger partial charge in [0.15, 0.2) is 9.84 Å². The average molecular weight is 311 g/mol. The lowest BCUT2D eigenvalue weighted by Gasteiger charge is -2.34. The third-order valence-corrected chi connectivity index (χ3v) is 5.33. The molecule has 1 unspecified atom stereocenters. The molecule has 0 aromatic heterocycles. The standard InChI is InChI=1S/C15H21NO4S/c1-15(2,3)20-14(17)16-9-10-21(18,19)13(11-16)12-7-5-4-6-8-12/h4-8,13H,9-11H2,1-3H3. The van der Waals surface area contributed by atoms with Crippen molar-refractivity contribution < 1.29 is 17.9 Å². The van der Waals surface area contributed by atoms with Gasteiger partial charge in [0.2, 0.25) is 0 Å². The van der Waals surface area contributed by atoms with Crippen LogP contribution < -0.4 is 0 Å². The van der Waals surface area contributed by atoms with Crippen molar-refractivity contribution in [2.24, 2.45) is 0 Å². The number of benzene rings is 1. The molecule has 2 rings (SSSR count). The lowest BCUT2D eigenvalue weighted by atomic mass is 10.1. The number of amides is 1. The number of ether oxygens (including phenoxy) is 1. The Morgan fingerprint density at radius 1 is 1.24 bits per heavy atom. The maximum atomic E-state index is 12.3. The highest BCUT2D eigenvalue weighted by atomic mass is 32.2. The molecule has 1 aliphatic rings. The molecule has 1 aliphatic heterocycles. The topological polar surface area (TPSA) is 63.7 Å². The third-order valence-electron chi connectivity index (χ3n) is 3.29. The van der Waals surface area contributed by atoms with Crippen LogP contribution in [0.15, 0.2) is 30.3 Å². The molecule has 1 saturated heterocycles. The fourth-order valence-corrected chi connectivity index (χ4v) is 4.00. The van der Waals surface area contributed by atoms with Gasteiger partial charge < -0.3 is 9.64 Å². The highest BCUT2D eigenvalue weighted by Crippen LogP contribution is 2.28. The van der Waals surface area contributed by atoms with Crippen LogP contribution in [0.4, 0.5) is 4.79 Å². The zero-order valence-corrected chi connectivity index (χ0v) is 13.4. The smallest absolute Gasteiger partial charge is 0.410 e. The minimum absolute atomic E-state index is 0.0359. The molecule has 0 bridgehead atoms. The van der Waals surface area contributed by atoms with Crippen molar-refractivity contribution in [2.75, 3.05) is 18.8 Å². The summed E-state index contributed by atoms with van der Waals surface area (Å²) >= 11 is 0. The zero-order chi connectivity index (χ0) is 15.7. The van der Waals surface area contributed by atoms with Crippen molar-refractivity contribution in [1.82, 2.24) is 4.90 Å². The lowest BCUT2D eigenvalue weighted by Crippen LogP contribution is -2.47. The van der Waals surface area contributed by atoms with Crippen molar-refractivity contribution in [1.29, 1.82) is 0 Å². The van der Waals surface area contributed by atoms with E-state index >= 15 is 0 Å². The maximum Gasteiger partial charge on any atom is 0.410 e. The summed E-state index contributed by atoms with van der Waals surface area (Å²) < 4.78 is 29.8. The molecule has 1 aromatic rings. The minimum Gasteiger partial charge on any atom is -0.444 e. The van der Waals surface area contributed by atoms with Crippen LogP contribution >= 0.6 is 0 Å². The van der Waals surface area contributed by atoms with Gasteiger partial charge in [-0.1, -0.05) is 30.3 Å². The van der Waals surface area contributed by atoms with Gasteiger partial charge in [0, 0.05) is 13.1 Å². The van der Waals surface area contributed by atoms with Crippen LogP contribution in [0.1, 0.15) is 31.6 Å². The van der Waals surface area contributed by atoms with Crippen LogP contribution in [0.5, 0.6) is 0 Å². The molecule has 1 amide bonds. The quantitative estimate of drug-likeness (QED) is 0.799. The predicted molar refractivity (Wildman–Crippen MR) is 80.8 cm³/mol. The Bertz CT molecular complexity index is 604. The minimum atomic E-state index is -3.24. The second-order valence-corrected chi connectivity index (χ2v) is 8.50. The first-order valence-corrected chi connectivity index (χ1v) is 8.65. The number of rotatable bonds is 1. The van der Waals surface area contributed by atoms with E-state index in [1.165, 1.54) is 4.90 Å². The van der Waals surface area contributed by atoms with Crippen molar-refractivity contribution >= 4 is 15.9 Å². The third kappa shape index (κ3) is 3.97. The molecule has 0 saturated carbocycles. The molecule has 0 aliphatic carbocycles. The maximum absolute atomic E-state index is 12.3. The molecule has 1 fully saturated rings. The first-order valence-electron chi connectivity index (χ1n) is 6.93. The highest BCUT2D eigenvalue weighted by molar-refractivity contribution is 7.91. The Hall–Kier alpha value is -1.56. The van der Waals surface area contributed by atoms with E-state index in [4.69, 9.17) is 4.74 Å². The molecule has 1 atom stereocenters. The van der Waals surface area contributed by atoms with Crippen LogP contribution in [0.25, 0.3) is 0 Å². The zero-order valence-electron chi connectivity index (χ0n) is 12.6. The Kier molecular flexibility index (Phi) is 4.27. The van der Waals surface area contributed by atoms with Gasteiger partial charge in [-0.15, -0.1) is 0 Å². The number of carbonyl (C=O) groups excluding carboxylic acids is 1. The summed E-state index contributed by atoms with van der Waals surface area (Å²) in [6.45, 7) is 5.70. The largest absolute Gasteiger partial charge is 0.444 e. The van der Waals surface area contributed by atoms with Crippen LogP contribution in [-0.4, -0.2) is 43.9 Å². The molecule has 5 nitrogen and oxygen atoms in total. The van der Waals surface area contributed by atoms with E-state index in [2.05, 4.69) is 0 Å². The van der Waals surface area contributed by atoms with Gasteiger partial charge in [-0.25, -0.2) is 13.2 Å². The Balaban J connectivity index is 2.19. The normalized spacial score (nSPS) is 21.9. The number of carbonyl (C=O) groups is 1. The summed E-state index contributed by atoms with van der Waals surface area (Å²) in [5.41, 5.74) is 0.126. The van der Waals surface area contributed by atoms with Gasteiger partial charge in [-0.2, -0.15) is 0 Å². The Labute approximate surface area is 125 Å². The molecular formula is C15H21NO4S. The van der Waals surface area contributed by atoms with E-state index < -0.39 is 26.8 Å². The number of sulfone groups is 1. The molecule has 0 spiro atoms. The summed E-state index contributed by atoms with van der Waals surface area (Å²) in [4.78, 5) is 13.6. The molecule has 1 heterocycles. The first kappa shape index (κ1) is 15.8. The molecule has 0 N–H and O–H groups in total. The molecule has 1 aromatic carbocycles. The SMILES string of the molecule is CC(C)(C)OC(=O)N1CCS(=O)(=O)C(c2ccccc2)C1. The van der Waals surface area contributed by atoms with Crippen molar-refractivity contribution in [3.05, 3.63) is 35.9 Å². The predicted octanol–water partition coefficient (Wildman–Crippen LogP) is 2.39. The van der Waals surface area contributed by atoms with E-state index in [9.17, 15) is 13.2 Å². The fourth-order valence-electron chi connectivity index (χ4n) is 2.26. The first-order chi connectivity index (χ1) is 9.69. The Morgan fingerprint density at radius 3 is 2.43 bits per heavy atom. The summed E-state index contributed by atoms with van der Waals surface area (Å²) in [5, 5.41) is -0.681. The molecule has 116 valence electrons. The van der Waals surface area contributed by atoms with Crippen molar-refractivity contribution in [2.45, 2.75) is 31.6 Å². The monoisotopic (exact) mass is 311 g/mol. The van der Waals surface area contributed by atoms with Crippen molar-refractivity contribution in [3.8, 4) is 0 Å². The second-order valence-electron chi connectivity index (χ2n) is 6.19. The van der Waals surface area contributed by atoms with Gasteiger partial charge >= 0.3 is 6.09 Å². The summed E-state index contributed by atoms with van der Waals surface area (Å²) in [7, 11) is -3.24. The van der Waals surface area contributed by atoms with Crippen molar-refractivity contribution in [3.63, 3.8) is 0 Å². The highest BCUT2D eigenvalue weighted by Gasteiger charge is 2.37. The van der Waals surface area contributed by atoms with E-state index in [0.29, 0.717) is 5.56 Å². The van der Waals surface area contributed by atoms with E-state index in [-0.39, 0.29) is 18.8 Å². The van der Waals surface area contributed by atoms with E-state index in [0.717, 1.165) is 0 Å². The fraction of sp³-hybridized carbons (Fsp3) is 0.533. The van der Waals surface area contributed by atoms with Gasteiger partial charge in [-0.3, -0.25) is 0 Å². The van der Waals surface area contributed by atoms with Crippen LogP contribution in [-0.2, 0) is 14.6 Å². The average Bonchev–Trinajstić information content (AvgIpc) is 2.37. The summed E-state index contributed by atoms with van der Waals surface area (Å²) in [6.07, 6.45) is -0.460. The molecular weight excluding hydrogens is 290 g/mol. The summed E-state index contributed by atoms with van der Waals surface area (Å²) in [6, 6.07) is 9.00. The number of nitrogens with zero attached hydrogens (tertiary/aromatic N) is 1. The number of hydrogen-bond donors (Lipinski definition) is 0. The molecule has 6 heteroatoms. The lowest BCUT2D eigenvalue weighted by molar-refractivity contribution is 0.0253. The summed E-state index contributed by atoms with van der Waals surface area (Å²) in [5.74, 6) is -0.0359. The molecule has 0 radical (unpaired) electrons. The second kappa shape index (κ2) is 5.67. The van der Waals surface area contributed by atoms with Crippen LogP contribution in [0.3, 0.4) is 0 Å².